The van der Waals surface area contributed by atoms with Crippen LogP contribution in [0.1, 0.15) is 48.0 Å². The van der Waals surface area contributed by atoms with Gasteiger partial charge in [0.1, 0.15) is 0 Å². The van der Waals surface area contributed by atoms with Crippen LogP contribution >= 0.6 is 23.2 Å². The van der Waals surface area contributed by atoms with E-state index in [9.17, 15) is 0 Å². The molecule has 4 heteroatoms. The van der Waals surface area contributed by atoms with Gasteiger partial charge in [0.15, 0.2) is 0 Å². The first-order valence-corrected chi connectivity index (χ1v) is 7.57. The predicted molar refractivity (Wildman–Crippen MR) is 83.3 cm³/mol. The Bertz CT molecular complexity index is 624. The summed E-state index contributed by atoms with van der Waals surface area (Å²) in [7, 11) is 0. The lowest BCUT2D eigenvalue weighted by atomic mass is 9.79. The van der Waals surface area contributed by atoms with Crippen LogP contribution in [0.25, 0.3) is 0 Å². The number of aromatic nitrogens is 1. The van der Waals surface area contributed by atoms with Crippen LogP contribution in [-0.2, 0) is 0 Å². The van der Waals surface area contributed by atoms with Crippen molar-refractivity contribution in [2.75, 3.05) is 0 Å². The maximum absolute atomic E-state index is 6.31. The minimum Gasteiger partial charge on any atom is -0.319 e. The van der Waals surface area contributed by atoms with E-state index in [1.807, 2.05) is 6.07 Å². The summed E-state index contributed by atoms with van der Waals surface area (Å²) in [5.74, 6) is 0.691. The molecule has 1 fully saturated rings. The molecule has 2 N–H and O–H groups in total. The second kappa shape index (κ2) is 5.72. The predicted octanol–water partition coefficient (Wildman–Crippen LogP) is 4.70. The molecule has 1 heterocycles. The third-order valence-electron chi connectivity index (χ3n) is 3.98. The fraction of sp³-hybridized carbons (Fsp3) is 0.312. The standard InChI is InChI=1S/C16H16Cl2N2/c17-13-8-14(18)16(20-9-13)15(19)12-6-2-5-11(7-12)10-3-1-4-10/h2,5-10,15H,1,3-4,19H2. The third-order valence-corrected chi connectivity index (χ3v) is 4.49. The number of nitrogens with zero attached hydrogens (tertiary/aromatic N) is 1. The van der Waals surface area contributed by atoms with Gasteiger partial charge < -0.3 is 5.73 Å². The summed E-state index contributed by atoms with van der Waals surface area (Å²) in [5, 5.41) is 1.04. The van der Waals surface area contributed by atoms with E-state index >= 15 is 0 Å². The maximum atomic E-state index is 6.31. The Morgan fingerprint density at radius 3 is 2.65 bits per heavy atom. The maximum Gasteiger partial charge on any atom is 0.0803 e. The lowest BCUT2D eigenvalue weighted by Gasteiger charge is -2.26. The molecule has 104 valence electrons. The molecule has 0 bridgehead atoms. The fourth-order valence-electron chi connectivity index (χ4n) is 2.56. The molecular weight excluding hydrogens is 291 g/mol. The molecule has 2 aromatic rings. The zero-order valence-corrected chi connectivity index (χ0v) is 12.5. The summed E-state index contributed by atoms with van der Waals surface area (Å²) in [6, 6.07) is 9.81. The lowest BCUT2D eigenvalue weighted by Crippen LogP contribution is -2.15. The SMILES string of the molecule is NC(c1cccc(C2CCC2)c1)c1ncc(Cl)cc1Cl. The molecule has 0 amide bonds. The Morgan fingerprint density at radius 1 is 1.20 bits per heavy atom. The van der Waals surface area contributed by atoms with Crippen LogP contribution in [0.4, 0.5) is 0 Å². The molecule has 2 nitrogen and oxygen atoms in total. The van der Waals surface area contributed by atoms with Gasteiger partial charge in [-0.3, -0.25) is 4.98 Å². The van der Waals surface area contributed by atoms with Crippen LogP contribution in [-0.4, -0.2) is 4.98 Å². The summed E-state index contributed by atoms with van der Waals surface area (Å²) in [5.41, 5.74) is 9.39. The highest BCUT2D eigenvalue weighted by molar-refractivity contribution is 6.34. The van der Waals surface area contributed by atoms with Crippen molar-refractivity contribution in [2.24, 2.45) is 5.73 Å². The molecule has 0 aliphatic heterocycles. The number of benzene rings is 1. The lowest BCUT2D eigenvalue weighted by molar-refractivity contribution is 0.419. The molecule has 1 unspecified atom stereocenters. The van der Waals surface area contributed by atoms with Gasteiger partial charge in [-0.1, -0.05) is 53.9 Å². The molecule has 20 heavy (non-hydrogen) atoms. The van der Waals surface area contributed by atoms with E-state index in [1.54, 1.807) is 12.3 Å². The van der Waals surface area contributed by atoms with Crippen molar-refractivity contribution in [3.8, 4) is 0 Å². The number of pyridine rings is 1. The van der Waals surface area contributed by atoms with Gasteiger partial charge in [-0.05, 0) is 36.0 Å². The minimum absolute atomic E-state index is 0.320. The summed E-state index contributed by atoms with van der Waals surface area (Å²) in [6.07, 6.45) is 5.46. The average molecular weight is 307 g/mol. The largest absolute Gasteiger partial charge is 0.319 e. The molecule has 3 rings (SSSR count). The van der Waals surface area contributed by atoms with Crippen molar-refractivity contribution in [2.45, 2.75) is 31.2 Å². The summed E-state index contributed by atoms with van der Waals surface area (Å²) >= 11 is 12.1. The van der Waals surface area contributed by atoms with Crippen molar-refractivity contribution in [3.63, 3.8) is 0 Å². The van der Waals surface area contributed by atoms with E-state index in [2.05, 4.69) is 23.2 Å². The van der Waals surface area contributed by atoms with Crippen LogP contribution < -0.4 is 5.73 Å². The second-order valence-corrected chi connectivity index (χ2v) is 6.14. The van der Waals surface area contributed by atoms with Gasteiger partial charge in [0.05, 0.1) is 21.8 Å². The van der Waals surface area contributed by atoms with Gasteiger partial charge >= 0.3 is 0 Å². The van der Waals surface area contributed by atoms with Gasteiger partial charge in [0.2, 0.25) is 0 Å². The highest BCUT2D eigenvalue weighted by Crippen LogP contribution is 2.37. The molecular formula is C16H16Cl2N2. The summed E-state index contributed by atoms with van der Waals surface area (Å²) in [4.78, 5) is 4.27. The van der Waals surface area contributed by atoms with E-state index < -0.39 is 0 Å². The van der Waals surface area contributed by atoms with Crippen molar-refractivity contribution < 1.29 is 0 Å². The normalized spacial score (nSPS) is 16.8. The summed E-state index contributed by atoms with van der Waals surface area (Å²) < 4.78 is 0. The topological polar surface area (TPSA) is 38.9 Å². The first-order valence-electron chi connectivity index (χ1n) is 6.81. The third kappa shape index (κ3) is 2.69. The van der Waals surface area contributed by atoms with Crippen molar-refractivity contribution in [1.82, 2.24) is 4.98 Å². The molecule has 1 aliphatic carbocycles. The zero-order valence-electron chi connectivity index (χ0n) is 11.0. The molecule has 0 saturated heterocycles. The number of halogens is 2. The first kappa shape index (κ1) is 13.9. The minimum atomic E-state index is -0.320. The molecule has 0 radical (unpaired) electrons. The Balaban J connectivity index is 1.91. The number of hydrogen-bond donors (Lipinski definition) is 1. The van der Waals surface area contributed by atoms with E-state index in [1.165, 1.54) is 24.8 Å². The Morgan fingerprint density at radius 2 is 2.00 bits per heavy atom. The number of hydrogen-bond acceptors (Lipinski definition) is 2. The van der Waals surface area contributed by atoms with Crippen molar-refractivity contribution in [3.05, 3.63) is 63.4 Å². The zero-order chi connectivity index (χ0) is 14.1. The van der Waals surface area contributed by atoms with E-state index in [0.717, 1.165) is 5.56 Å². The molecule has 1 aromatic carbocycles. The molecule has 1 aromatic heterocycles. The van der Waals surface area contributed by atoms with E-state index in [4.69, 9.17) is 28.9 Å². The quantitative estimate of drug-likeness (QED) is 0.892. The van der Waals surface area contributed by atoms with Crippen LogP contribution in [0, 0.1) is 0 Å². The van der Waals surface area contributed by atoms with E-state index in [0.29, 0.717) is 21.7 Å². The van der Waals surface area contributed by atoms with Crippen LogP contribution in [0.2, 0.25) is 10.0 Å². The second-order valence-electron chi connectivity index (χ2n) is 5.30. The van der Waals surface area contributed by atoms with Gasteiger partial charge in [0, 0.05) is 6.20 Å². The van der Waals surface area contributed by atoms with Gasteiger partial charge in [-0.2, -0.15) is 0 Å². The molecule has 1 atom stereocenters. The van der Waals surface area contributed by atoms with Gasteiger partial charge in [0.25, 0.3) is 0 Å². The molecule has 1 saturated carbocycles. The Hall–Kier alpha value is -1.09. The van der Waals surface area contributed by atoms with Crippen molar-refractivity contribution >= 4 is 23.2 Å². The van der Waals surface area contributed by atoms with E-state index in [-0.39, 0.29) is 6.04 Å². The smallest absolute Gasteiger partial charge is 0.0803 e. The highest BCUT2D eigenvalue weighted by atomic mass is 35.5. The Kier molecular flexibility index (Phi) is 3.97. The monoisotopic (exact) mass is 306 g/mol. The van der Waals surface area contributed by atoms with Gasteiger partial charge in [-0.15, -0.1) is 0 Å². The molecule has 0 spiro atoms. The van der Waals surface area contributed by atoms with Gasteiger partial charge in [-0.25, -0.2) is 0 Å². The summed E-state index contributed by atoms with van der Waals surface area (Å²) in [6.45, 7) is 0. The molecule has 1 aliphatic rings. The van der Waals surface area contributed by atoms with Crippen molar-refractivity contribution in [1.29, 1.82) is 0 Å². The van der Waals surface area contributed by atoms with Crippen LogP contribution in [0.3, 0.4) is 0 Å². The number of rotatable bonds is 3. The Labute approximate surface area is 128 Å². The number of nitrogens with two attached hydrogens (primary N) is 1. The van der Waals surface area contributed by atoms with Crippen LogP contribution in [0.5, 0.6) is 0 Å². The highest BCUT2D eigenvalue weighted by Gasteiger charge is 2.21. The van der Waals surface area contributed by atoms with Crippen LogP contribution in [0.15, 0.2) is 36.5 Å². The average Bonchev–Trinajstić information content (AvgIpc) is 2.36. The first-order chi connectivity index (χ1) is 9.65. The fourth-order valence-corrected chi connectivity index (χ4v) is 3.06.